The summed E-state index contributed by atoms with van der Waals surface area (Å²) in [7, 11) is 4.60. The first-order valence-corrected chi connectivity index (χ1v) is 6.15. The van der Waals surface area contributed by atoms with Gasteiger partial charge in [-0.15, -0.1) is 0 Å². The Kier molecular flexibility index (Phi) is 3.76. The van der Waals surface area contributed by atoms with Gasteiger partial charge in [0.2, 0.25) is 5.75 Å². The number of hydrogen-bond donors (Lipinski definition) is 0. The highest BCUT2D eigenvalue weighted by Gasteiger charge is 2.22. The maximum absolute atomic E-state index is 9.17. The minimum Gasteiger partial charge on any atom is -0.492 e. The number of halogens is 1. The molecule has 0 saturated carbocycles. The van der Waals surface area contributed by atoms with Crippen LogP contribution in [0, 0.1) is 11.3 Å². The second kappa shape index (κ2) is 5.33. The van der Waals surface area contributed by atoms with Crippen molar-refractivity contribution < 1.29 is 14.2 Å². The lowest BCUT2D eigenvalue weighted by Crippen LogP contribution is -1.99. The maximum Gasteiger partial charge on any atom is 0.205 e. The summed E-state index contributed by atoms with van der Waals surface area (Å²) in [6.45, 7) is 0. The Labute approximate surface area is 118 Å². The van der Waals surface area contributed by atoms with E-state index >= 15 is 0 Å². The number of pyridine rings is 1. The summed E-state index contributed by atoms with van der Waals surface area (Å²) < 4.78 is 16.7. The molecule has 5 nitrogen and oxygen atoms in total. The number of benzene rings is 1. The average molecular weight is 323 g/mol. The summed E-state index contributed by atoms with van der Waals surface area (Å²) in [6.07, 6.45) is 1.56. The molecule has 0 bridgehead atoms. The fourth-order valence-electron chi connectivity index (χ4n) is 1.97. The van der Waals surface area contributed by atoms with Gasteiger partial charge in [0.1, 0.15) is 11.8 Å². The normalized spacial score (nSPS) is 10.1. The third kappa shape index (κ3) is 1.96. The van der Waals surface area contributed by atoms with Crippen molar-refractivity contribution in [3.63, 3.8) is 0 Å². The molecule has 0 N–H and O–H groups in total. The first kappa shape index (κ1) is 13.4. The molecule has 0 saturated heterocycles. The molecule has 0 aliphatic heterocycles. The van der Waals surface area contributed by atoms with Crippen LogP contribution in [-0.2, 0) is 0 Å². The lowest BCUT2D eigenvalue weighted by molar-refractivity contribution is 0.326. The second-order valence-corrected chi connectivity index (χ2v) is 4.40. The Morgan fingerprint density at radius 3 is 2.26 bits per heavy atom. The van der Waals surface area contributed by atoms with Gasteiger partial charge in [0, 0.05) is 17.0 Å². The molecule has 0 fully saturated rings. The molecule has 2 rings (SSSR count). The van der Waals surface area contributed by atoms with Gasteiger partial charge in [-0.25, -0.2) is 4.98 Å². The minimum atomic E-state index is 0.295. The van der Waals surface area contributed by atoms with Crippen LogP contribution in [-0.4, -0.2) is 26.3 Å². The van der Waals surface area contributed by atoms with Crippen molar-refractivity contribution >= 4 is 26.7 Å². The maximum atomic E-state index is 9.17. The van der Waals surface area contributed by atoms with E-state index in [9.17, 15) is 0 Å². The van der Waals surface area contributed by atoms with E-state index in [0.29, 0.717) is 32.8 Å². The van der Waals surface area contributed by atoms with Crippen molar-refractivity contribution in [1.82, 2.24) is 4.98 Å². The predicted molar refractivity (Wildman–Crippen MR) is 73.8 cm³/mol. The summed E-state index contributed by atoms with van der Waals surface area (Å²) >= 11 is 3.44. The van der Waals surface area contributed by atoms with Gasteiger partial charge in [-0.2, -0.15) is 5.26 Å². The van der Waals surface area contributed by atoms with Crippen LogP contribution < -0.4 is 14.2 Å². The number of ether oxygens (including phenoxy) is 3. The van der Waals surface area contributed by atoms with Crippen LogP contribution in [0.2, 0.25) is 0 Å². The van der Waals surface area contributed by atoms with Crippen molar-refractivity contribution in [2.24, 2.45) is 0 Å². The van der Waals surface area contributed by atoms with Crippen LogP contribution in [0.15, 0.2) is 16.7 Å². The van der Waals surface area contributed by atoms with Gasteiger partial charge in [-0.3, -0.25) is 0 Å². The average Bonchev–Trinajstić information content (AvgIpc) is 2.46. The van der Waals surface area contributed by atoms with Crippen LogP contribution in [0.4, 0.5) is 0 Å². The fourth-order valence-corrected chi connectivity index (χ4v) is 2.71. The molecule has 19 heavy (non-hydrogen) atoms. The molecule has 0 atom stereocenters. The summed E-state index contributed by atoms with van der Waals surface area (Å²) in [4.78, 5) is 4.05. The number of methoxy groups -OCH3 is 3. The van der Waals surface area contributed by atoms with E-state index in [0.717, 1.165) is 5.39 Å². The standard InChI is InChI=1S/C13H11BrN2O3/c1-17-11-7-4-5-16-8(6-15)9(7)10(14)12(18-2)13(11)19-3/h4-5H,1-3H3. The fraction of sp³-hybridized carbons (Fsp3) is 0.231. The van der Waals surface area contributed by atoms with Gasteiger partial charge in [0.15, 0.2) is 11.5 Å². The number of aromatic nitrogens is 1. The first-order chi connectivity index (χ1) is 9.19. The van der Waals surface area contributed by atoms with Gasteiger partial charge in [-0.05, 0) is 22.0 Å². The van der Waals surface area contributed by atoms with Gasteiger partial charge >= 0.3 is 0 Å². The Balaban J connectivity index is 3.04. The monoisotopic (exact) mass is 322 g/mol. The molecule has 98 valence electrons. The Hall–Kier alpha value is -2.00. The Bertz CT molecular complexity index is 680. The highest BCUT2D eigenvalue weighted by atomic mass is 79.9. The lowest BCUT2D eigenvalue weighted by atomic mass is 10.1. The predicted octanol–water partition coefficient (Wildman–Crippen LogP) is 2.89. The van der Waals surface area contributed by atoms with E-state index in [1.165, 1.54) is 21.3 Å². The molecule has 0 radical (unpaired) electrons. The van der Waals surface area contributed by atoms with Gasteiger partial charge in [0.25, 0.3) is 0 Å². The zero-order chi connectivity index (χ0) is 14.0. The molecule has 0 unspecified atom stereocenters. The highest BCUT2D eigenvalue weighted by Crippen LogP contribution is 2.49. The molecule has 1 aromatic carbocycles. The molecule has 2 aromatic rings. The molecule has 1 heterocycles. The summed E-state index contributed by atoms with van der Waals surface area (Å²) in [5, 5.41) is 10.5. The third-order valence-electron chi connectivity index (χ3n) is 2.75. The molecule has 0 aliphatic carbocycles. The quantitative estimate of drug-likeness (QED) is 0.869. The van der Waals surface area contributed by atoms with Gasteiger partial charge in [-0.1, -0.05) is 0 Å². The SMILES string of the molecule is COc1c(OC)c(Br)c2c(C#N)nccc2c1OC. The molecule has 0 aliphatic rings. The van der Waals surface area contributed by atoms with E-state index in [2.05, 4.69) is 27.0 Å². The van der Waals surface area contributed by atoms with E-state index in [-0.39, 0.29) is 0 Å². The summed E-state index contributed by atoms with van der Waals surface area (Å²) in [6, 6.07) is 3.82. The number of fused-ring (bicyclic) bond motifs is 1. The van der Waals surface area contributed by atoms with E-state index in [1.54, 1.807) is 12.3 Å². The minimum absolute atomic E-state index is 0.295. The van der Waals surface area contributed by atoms with Crippen molar-refractivity contribution in [3.8, 4) is 23.3 Å². The zero-order valence-electron chi connectivity index (χ0n) is 10.7. The van der Waals surface area contributed by atoms with E-state index < -0.39 is 0 Å². The van der Waals surface area contributed by atoms with Crippen LogP contribution in [0.1, 0.15) is 5.69 Å². The zero-order valence-corrected chi connectivity index (χ0v) is 12.2. The number of hydrogen-bond acceptors (Lipinski definition) is 5. The largest absolute Gasteiger partial charge is 0.492 e. The van der Waals surface area contributed by atoms with Crippen molar-refractivity contribution in [3.05, 3.63) is 22.4 Å². The van der Waals surface area contributed by atoms with Crippen molar-refractivity contribution in [1.29, 1.82) is 5.26 Å². The number of nitrogens with zero attached hydrogens (tertiary/aromatic N) is 2. The summed E-state index contributed by atoms with van der Waals surface area (Å²) in [5.74, 6) is 1.45. The van der Waals surface area contributed by atoms with Crippen molar-refractivity contribution in [2.75, 3.05) is 21.3 Å². The topological polar surface area (TPSA) is 64.4 Å². The Morgan fingerprint density at radius 1 is 1.11 bits per heavy atom. The summed E-state index contributed by atoms with van der Waals surface area (Å²) in [5.41, 5.74) is 0.295. The third-order valence-corrected chi connectivity index (χ3v) is 3.50. The van der Waals surface area contributed by atoms with Crippen LogP contribution in [0.5, 0.6) is 17.2 Å². The van der Waals surface area contributed by atoms with Gasteiger partial charge in [0.05, 0.1) is 25.8 Å². The molecular formula is C13H11BrN2O3. The van der Waals surface area contributed by atoms with E-state index in [4.69, 9.17) is 19.5 Å². The Morgan fingerprint density at radius 2 is 1.74 bits per heavy atom. The highest BCUT2D eigenvalue weighted by molar-refractivity contribution is 9.10. The molecule has 1 aromatic heterocycles. The van der Waals surface area contributed by atoms with Gasteiger partial charge < -0.3 is 14.2 Å². The molecule has 0 amide bonds. The van der Waals surface area contributed by atoms with Crippen LogP contribution in [0.25, 0.3) is 10.8 Å². The van der Waals surface area contributed by atoms with Crippen molar-refractivity contribution in [2.45, 2.75) is 0 Å². The van der Waals surface area contributed by atoms with Crippen LogP contribution in [0.3, 0.4) is 0 Å². The smallest absolute Gasteiger partial charge is 0.205 e. The first-order valence-electron chi connectivity index (χ1n) is 5.35. The molecular weight excluding hydrogens is 312 g/mol. The molecule has 0 spiro atoms. The second-order valence-electron chi connectivity index (χ2n) is 3.61. The van der Waals surface area contributed by atoms with E-state index in [1.807, 2.05) is 0 Å². The number of nitriles is 1. The lowest BCUT2D eigenvalue weighted by Gasteiger charge is -2.17. The number of rotatable bonds is 3. The molecule has 6 heteroatoms. The van der Waals surface area contributed by atoms with Crippen LogP contribution >= 0.6 is 15.9 Å².